The van der Waals surface area contributed by atoms with Crippen molar-refractivity contribution in [1.29, 1.82) is 0 Å². The van der Waals surface area contributed by atoms with Crippen molar-refractivity contribution in [3.63, 3.8) is 0 Å². The average Bonchev–Trinajstić information content (AvgIpc) is 3.45. The molecule has 1 N–H and O–H groups in total. The van der Waals surface area contributed by atoms with Gasteiger partial charge in [-0.1, -0.05) is 30.3 Å². The van der Waals surface area contributed by atoms with Crippen molar-refractivity contribution in [1.82, 2.24) is 5.01 Å². The fourth-order valence-corrected chi connectivity index (χ4v) is 4.76. The highest BCUT2D eigenvalue weighted by atomic mass is 19.3. The Labute approximate surface area is 222 Å². The predicted octanol–water partition coefficient (Wildman–Crippen LogP) is 6.64. The second-order valence-electron chi connectivity index (χ2n) is 9.74. The smallest absolute Gasteiger partial charge is 0.387 e. The number of hydrogen-bond acceptors (Lipinski definition) is 5. The van der Waals surface area contributed by atoms with Gasteiger partial charge in [0.25, 0.3) is 0 Å². The van der Waals surface area contributed by atoms with Crippen LogP contribution < -0.4 is 19.5 Å². The number of alkyl halides is 4. The van der Waals surface area contributed by atoms with Crippen LogP contribution in [0.5, 0.6) is 17.2 Å². The third kappa shape index (κ3) is 5.92. The second kappa shape index (κ2) is 10.5. The summed E-state index contributed by atoms with van der Waals surface area (Å²) in [7, 11) is 0. The molecule has 0 saturated heterocycles. The number of urea groups is 1. The number of nitrogens with zero attached hydrogens (tertiary/aromatic N) is 2. The van der Waals surface area contributed by atoms with E-state index >= 15 is 0 Å². The minimum Gasteiger partial charge on any atom is -0.483 e. The van der Waals surface area contributed by atoms with Gasteiger partial charge in [-0.2, -0.15) is 22.7 Å². The molecule has 5 rings (SSSR count). The summed E-state index contributed by atoms with van der Waals surface area (Å²) in [6, 6.07) is 17.8. The normalized spacial score (nSPS) is 17.6. The molecule has 11 heteroatoms. The Hall–Kier alpha value is -4.28. The molecule has 2 aliphatic rings. The molecule has 0 spiro atoms. The maximum atomic E-state index is 13.3. The first-order chi connectivity index (χ1) is 18.6. The third-order valence-electron chi connectivity index (χ3n) is 6.32. The number of nitrogens with one attached hydrogen (secondary N) is 1. The van der Waals surface area contributed by atoms with Gasteiger partial charge in [-0.3, -0.25) is 0 Å². The van der Waals surface area contributed by atoms with Crippen molar-refractivity contribution in [3.05, 3.63) is 83.4 Å². The van der Waals surface area contributed by atoms with Gasteiger partial charge in [-0.25, -0.2) is 9.80 Å². The number of anilines is 1. The standard InChI is InChI=1S/C28H25F4N3O4/c1-28(2)14-18-12-19(13-22(24(18)39-28)38-26(31)32)33-27(36)35-15-21(16-6-4-3-5-7-16)23(34-35)17-8-10-20(11-9-17)37-25(29)30/h3-13,21,25-26H,14-15H2,1-2H3,(H,33,36). The van der Waals surface area contributed by atoms with Gasteiger partial charge in [0.2, 0.25) is 0 Å². The molecule has 3 aromatic rings. The Kier molecular flexibility index (Phi) is 7.07. The molecule has 3 aromatic carbocycles. The number of benzene rings is 3. The Morgan fingerprint density at radius 2 is 1.72 bits per heavy atom. The van der Waals surface area contributed by atoms with Gasteiger partial charge >= 0.3 is 19.3 Å². The van der Waals surface area contributed by atoms with E-state index in [0.29, 0.717) is 23.3 Å². The summed E-state index contributed by atoms with van der Waals surface area (Å²) in [5.41, 5.74) is 2.37. The van der Waals surface area contributed by atoms with Crippen molar-refractivity contribution in [2.45, 2.75) is 45.0 Å². The van der Waals surface area contributed by atoms with Gasteiger partial charge in [-0.15, -0.1) is 0 Å². The van der Waals surface area contributed by atoms with Crippen LogP contribution in [0.3, 0.4) is 0 Å². The summed E-state index contributed by atoms with van der Waals surface area (Å²) in [6.45, 7) is -2.16. The largest absolute Gasteiger partial charge is 0.483 e. The average molecular weight is 544 g/mol. The van der Waals surface area contributed by atoms with Gasteiger partial charge < -0.3 is 19.5 Å². The van der Waals surface area contributed by atoms with Crippen LogP contribution in [-0.4, -0.2) is 42.1 Å². The van der Waals surface area contributed by atoms with Gasteiger partial charge in [0.15, 0.2) is 11.5 Å². The van der Waals surface area contributed by atoms with Crippen LogP contribution in [-0.2, 0) is 6.42 Å². The molecule has 204 valence electrons. The number of rotatable bonds is 7. The van der Waals surface area contributed by atoms with E-state index in [-0.39, 0.29) is 35.4 Å². The van der Waals surface area contributed by atoms with Crippen molar-refractivity contribution in [2.75, 3.05) is 11.9 Å². The van der Waals surface area contributed by atoms with Crippen molar-refractivity contribution < 1.29 is 36.6 Å². The van der Waals surface area contributed by atoms with Crippen molar-refractivity contribution in [2.24, 2.45) is 5.10 Å². The summed E-state index contributed by atoms with van der Waals surface area (Å²) < 4.78 is 66.2. The fraction of sp³-hybridized carbons (Fsp3) is 0.286. The van der Waals surface area contributed by atoms with E-state index in [2.05, 4.69) is 19.9 Å². The van der Waals surface area contributed by atoms with Crippen LogP contribution in [0.2, 0.25) is 0 Å². The molecule has 1 atom stereocenters. The summed E-state index contributed by atoms with van der Waals surface area (Å²) in [4.78, 5) is 13.3. The lowest BCUT2D eigenvalue weighted by molar-refractivity contribution is -0.0524. The number of fused-ring (bicyclic) bond motifs is 1. The number of carbonyl (C=O) groups excluding carboxylic acids is 1. The van der Waals surface area contributed by atoms with E-state index in [1.807, 2.05) is 44.2 Å². The minimum absolute atomic E-state index is 0.00351. The number of ether oxygens (including phenoxy) is 3. The van der Waals surface area contributed by atoms with Crippen LogP contribution in [0.4, 0.5) is 28.0 Å². The molecule has 2 aliphatic heterocycles. The van der Waals surface area contributed by atoms with Crippen LogP contribution >= 0.6 is 0 Å². The fourth-order valence-electron chi connectivity index (χ4n) is 4.76. The molecule has 2 amide bonds. The maximum absolute atomic E-state index is 13.3. The molecule has 0 saturated carbocycles. The molecular formula is C28H25F4N3O4. The maximum Gasteiger partial charge on any atom is 0.387 e. The summed E-state index contributed by atoms with van der Waals surface area (Å²) in [6.07, 6.45) is 0.443. The zero-order chi connectivity index (χ0) is 27.7. The lowest BCUT2D eigenvalue weighted by Gasteiger charge is -2.18. The second-order valence-corrected chi connectivity index (χ2v) is 9.74. The molecule has 1 unspecified atom stereocenters. The lowest BCUT2D eigenvalue weighted by Crippen LogP contribution is -2.30. The lowest BCUT2D eigenvalue weighted by atomic mass is 9.90. The first-order valence-electron chi connectivity index (χ1n) is 12.2. The van der Waals surface area contributed by atoms with Crippen molar-refractivity contribution >= 4 is 17.4 Å². The Morgan fingerprint density at radius 3 is 2.38 bits per heavy atom. The molecule has 39 heavy (non-hydrogen) atoms. The highest BCUT2D eigenvalue weighted by Gasteiger charge is 2.35. The minimum atomic E-state index is -3.07. The SMILES string of the molecule is CC1(C)Cc2cc(NC(=O)N3CC(c4ccccc4)C(c4ccc(OC(F)F)cc4)=N3)cc(OC(F)F)c2O1. The molecule has 0 bridgehead atoms. The van der Waals surface area contributed by atoms with Gasteiger partial charge in [0, 0.05) is 29.7 Å². The topological polar surface area (TPSA) is 72.4 Å². The quantitative estimate of drug-likeness (QED) is 0.339. The first-order valence-corrected chi connectivity index (χ1v) is 12.2. The van der Waals surface area contributed by atoms with E-state index in [0.717, 1.165) is 5.56 Å². The van der Waals surface area contributed by atoms with E-state index < -0.39 is 24.9 Å². The summed E-state index contributed by atoms with van der Waals surface area (Å²) in [5, 5.41) is 8.52. The van der Waals surface area contributed by atoms with Crippen LogP contribution in [0.15, 0.2) is 71.8 Å². The Balaban J connectivity index is 1.42. The molecule has 2 heterocycles. The summed E-state index contributed by atoms with van der Waals surface area (Å²) >= 11 is 0. The van der Waals surface area contributed by atoms with Crippen LogP contribution in [0, 0.1) is 0 Å². The molecule has 0 radical (unpaired) electrons. The van der Waals surface area contributed by atoms with Crippen LogP contribution in [0.1, 0.15) is 36.5 Å². The summed E-state index contributed by atoms with van der Waals surface area (Å²) in [5.74, 6) is -0.236. The first kappa shape index (κ1) is 26.3. The van der Waals surface area contributed by atoms with E-state index in [9.17, 15) is 22.4 Å². The van der Waals surface area contributed by atoms with Gasteiger partial charge in [0.05, 0.1) is 12.3 Å². The number of halogens is 4. The Bertz CT molecular complexity index is 1380. The van der Waals surface area contributed by atoms with Crippen molar-refractivity contribution in [3.8, 4) is 17.2 Å². The monoisotopic (exact) mass is 543 g/mol. The van der Waals surface area contributed by atoms with Crippen LogP contribution in [0.25, 0.3) is 0 Å². The highest BCUT2D eigenvalue weighted by Crippen LogP contribution is 2.44. The van der Waals surface area contributed by atoms with Gasteiger partial charge in [-0.05, 0) is 55.3 Å². The molecule has 7 nitrogen and oxygen atoms in total. The number of amides is 2. The van der Waals surface area contributed by atoms with E-state index in [1.54, 1.807) is 18.2 Å². The van der Waals surface area contributed by atoms with E-state index in [1.165, 1.54) is 23.2 Å². The number of hydrazone groups is 1. The number of carbonyl (C=O) groups is 1. The predicted molar refractivity (Wildman–Crippen MR) is 136 cm³/mol. The Morgan fingerprint density at radius 1 is 1.03 bits per heavy atom. The van der Waals surface area contributed by atoms with Gasteiger partial charge in [0.1, 0.15) is 11.4 Å². The molecular weight excluding hydrogens is 518 g/mol. The zero-order valence-corrected chi connectivity index (χ0v) is 21.0. The molecule has 0 fully saturated rings. The highest BCUT2D eigenvalue weighted by molar-refractivity contribution is 6.08. The number of hydrogen-bond donors (Lipinski definition) is 1. The molecule has 0 aliphatic carbocycles. The third-order valence-corrected chi connectivity index (χ3v) is 6.32. The zero-order valence-electron chi connectivity index (χ0n) is 21.0. The van der Waals surface area contributed by atoms with E-state index in [4.69, 9.17) is 4.74 Å². The molecule has 0 aromatic heterocycles.